The molecule has 0 unspecified atom stereocenters. The van der Waals surface area contributed by atoms with Crippen molar-refractivity contribution < 1.29 is 9.26 Å². The highest BCUT2D eigenvalue weighted by atomic mass is 35.5. The van der Waals surface area contributed by atoms with Gasteiger partial charge < -0.3 is 15.0 Å². The van der Waals surface area contributed by atoms with Gasteiger partial charge in [-0.1, -0.05) is 44.0 Å². The minimum Gasteiger partial charge on any atom is -0.493 e. The minimum atomic E-state index is -0.394. The van der Waals surface area contributed by atoms with Gasteiger partial charge in [0, 0.05) is 0 Å². The Balaban J connectivity index is 0.00000208. The molecule has 2 aromatic rings. The predicted molar refractivity (Wildman–Crippen MR) is 95.6 cm³/mol. The molecule has 0 spiro atoms. The highest BCUT2D eigenvalue weighted by Gasteiger charge is 2.35. The Morgan fingerprint density at radius 3 is 2.50 bits per heavy atom. The van der Waals surface area contributed by atoms with Crippen molar-refractivity contribution in [1.82, 2.24) is 10.1 Å². The van der Waals surface area contributed by atoms with E-state index in [0.29, 0.717) is 30.7 Å². The van der Waals surface area contributed by atoms with E-state index >= 15 is 0 Å². The van der Waals surface area contributed by atoms with Crippen LogP contribution < -0.4 is 10.5 Å². The molecule has 0 radical (unpaired) electrons. The third-order valence-electron chi connectivity index (χ3n) is 4.54. The molecule has 0 aliphatic heterocycles. The highest BCUT2D eigenvalue weighted by Crippen LogP contribution is 2.34. The first-order valence-electron chi connectivity index (χ1n) is 8.41. The van der Waals surface area contributed by atoms with E-state index in [4.69, 9.17) is 15.0 Å². The van der Waals surface area contributed by atoms with E-state index in [1.165, 1.54) is 5.56 Å². The van der Waals surface area contributed by atoms with Crippen LogP contribution in [0.25, 0.3) is 0 Å². The van der Waals surface area contributed by atoms with E-state index in [0.717, 1.165) is 31.4 Å². The van der Waals surface area contributed by atoms with Crippen LogP contribution in [0.3, 0.4) is 0 Å². The number of aromatic nitrogens is 2. The summed E-state index contributed by atoms with van der Waals surface area (Å²) in [5.41, 5.74) is 7.25. The summed E-state index contributed by atoms with van der Waals surface area (Å²) in [7, 11) is 0. The van der Waals surface area contributed by atoms with Crippen molar-refractivity contribution in [3.05, 3.63) is 41.5 Å². The summed E-state index contributed by atoms with van der Waals surface area (Å²) in [6, 6.07) is 8.20. The van der Waals surface area contributed by atoms with Crippen LogP contribution in [0.5, 0.6) is 5.75 Å². The SMILES string of the molecule is CC(C)c1ccc(OCCc2nc(C3(N)CCCC3)no2)cc1.Cl. The normalized spacial score (nSPS) is 16.2. The van der Waals surface area contributed by atoms with Crippen LogP contribution in [-0.4, -0.2) is 16.7 Å². The molecule has 1 aliphatic rings. The first-order valence-corrected chi connectivity index (χ1v) is 8.41. The van der Waals surface area contributed by atoms with Crippen molar-refractivity contribution in [2.24, 2.45) is 5.73 Å². The van der Waals surface area contributed by atoms with Gasteiger partial charge >= 0.3 is 0 Å². The summed E-state index contributed by atoms with van der Waals surface area (Å²) < 4.78 is 11.1. The van der Waals surface area contributed by atoms with Crippen LogP contribution in [0, 0.1) is 0 Å². The van der Waals surface area contributed by atoms with Gasteiger partial charge in [0.1, 0.15) is 5.75 Å². The topological polar surface area (TPSA) is 74.2 Å². The lowest BCUT2D eigenvalue weighted by Gasteiger charge is -2.17. The fourth-order valence-corrected chi connectivity index (χ4v) is 2.99. The lowest BCUT2D eigenvalue weighted by atomic mass is 9.99. The Morgan fingerprint density at radius 2 is 1.88 bits per heavy atom. The van der Waals surface area contributed by atoms with Gasteiger partial charge in [-0.25, -0.2) is 0 Å². The Morgan fingerprint density at radius 1 is 1.21 bits per heavy atom. The molecular formula is C18H26ClN3O2. The Hall–Kier alpha value is -1.59. The van der Waals surface area contributed by atoms with Crippen molar-refractivity contribution in [3.8, 4) is 5.75 Å². The molecule has 132 valence electrons. The average molecular weight is 352 g/mol. The van der Waals surface area contributed by atoms with Gasteiger partial charge in [-0.05, 0) is 36.5 Å². The van der Waals surface area contributed by atoms with Gasteiger partial charge in [-0.2, -0.15) is 4.98 Å². The molecule has 1 aromatic carbocycles. The summed E-state index contributed by atoms with van der Waals surface area (Å²) in [6.45, 7) is 4.87. The van der Waals surface area contributed by atoms with Crippen LogP contribution in [0.1, 0.15) is 62.7 Å². The number of ether oxygens (including phenoxy) is 1. The summed E-state index contributed by atoms with van der Waals surface area (Å²) in [5, 5.41) is 4.06. The van der Waals surface area contributed by atoms with Crippen molar-refractivity contribution in [1.29, 1.82) is 0 Å². The molecule has 0 atom stereocenters. The smallest absolute Gasteiger partial charge is 0.230 e. The van der Waals surface area contributed by atoms with Crippen LogP contribution in [-0.2, 0) is 12.0 Å². The Bertz CT molecular complexity index is 634. The number of rotatable bonds is 6. The lowest BCUT2D eigenvalue weighted by Crippen LogP contribution is -2.34. The van der Waals surface area contributed by atoms with E-state index in [1.54, 1.807) is 0 Å². The molecule has 1 fully saturated rings. The van der Waals surface area contributed by atoms with Gasteiger partial charge in [0.25, 0.3) is 0 Å². The first kappa shape index (κ1) is 18.7. The Kier molecular flexibility index (Phi) is 6.24. The molecule has 1 aromatic heterocycles. The number of nitrogens with two attached hydrogens (primary N) is 1. The molecule has 1 aliphatic carbocycles. The number of hydrogen-bond acceptors (Lipinski definition) is 5. The van der Waals surface area contributed by atoms with Crippen LogP contribution in [0.4, 0.5) is 0 Å². The second-order valence-corrected chi connectivity index (χ2v) is 6.70. The molecule has 2 N–H and O–H groups in total. The van der Waals surface area contributed by atoms with Gasteiger partial charge in [0.2, 0.25) is 5.89 Å². The van der Waals surface area contributed by atoms with Crippen molar-refractivity contribution >= 4 is 12.4 Å². The fraction of sp³-hybridized carbons (Fsp3) is 0.556. The van der Waals surface area contributed by atoms with E-state index in [9.17, 15) is 0 Å². The maximum atomic E-state index is 6.34. The third kappa shape index (κ3) is 4.28. The number of benzene rings is 1. The van der Waals surface area contributed by atoms with Crippen molar-refractivity contribution in [3.63, 3.8) is 0 Å². The largest absolute Gasteiger partial charge is 0.493 e. The zero-order valence-electron chi connectivity index (χ0n) is 14.3. The second-order valence-electron chi connectivity index (χ2n) is 6.70. The van der Waals surface area contributed by atoms with E-state index in [1.807, 2.05) is 12.1 Å². The summed E-state index contributed by atoms with van der Waals surface area (Å²) in [5.74, 6) is 2.63. The summed E-state index contributed by atoms with van der Waals surface area (Å²) >= 11 is 0. The number of nitrogens with zero attached hydrogens (tertiary/aromatic N) is 2. The molecule has 0 saturated heterocycles. The van der Waals surface area contributed by atoms with Crippen molar-refractivity contribution in [2.45, 2.75) is 57.4 Å². The summed E-state index contributed by atoms with van der Waals surface area (Å²) in [4.78, 5) is 4.45. The third-order valence-corrected chi connectivity index (χ3v) is 4.54. The fourth-order valence-electron chi connectivity index (χ4n) is 2.99. The monoisotopic (exact) mass is 351 g/mol. The standard InChI is InChI=1S/C18H25N3O2.ClH/c1-13(2)14-5-7-15(8-6-14)22-12-9-16-20-17(21-23-16)18(19)10-3-4-11-18;/h5-8,13H,3-4,9-12,19H2,1-2H3;1H. The van der Waals surface area contributed by atoms with Gasteiger partial charge in [0.05, 0.1) is 18.6 Å². The molecule has 24 heavy (non-hydrogen) atoms. The zero-order chi connectivity index (χ0) is 16.3. The Labute approximate surface area is 149 Å². The predicted octanol–water partition coefficient (Wildman–Crippen LogP) is 3.96. The zero-order valence-corrected chi connectivity index (χ0v) is 15.1. The van der Waals surface area contributed by atoms with Crippen LogP contribution in [0.2, 0.25) is 0 Å². The summed E-state index contributed by atoms with van der Waals surface area (Å²) in [6.07, 6.45) is 4.73. The number of halogens is 1. The average Bonchev–Trinajstić information content (AvgIpc) is 3.18. The minimum absolute atomic E-state index is 0. The molecule has 3 rings (SSSR count). The maximum Gasteiger partial charge on any atom is 0.230 e. The molecule has 5 nitrogen and oxygen atoms in total. The second kappa shape index (κ2) is 7.99. The maximum absolute atomic E-state index is 6.34. The molecular weight excluding hydrogens is 326 g/mol. The van der Waals surface area contributed by atoms with Crippen LogP contribution in [0.15, 0.2) is 28.8 Å². The van der Waals surface area contributed by atoms with E-state index in [-0.39, 0.29) is 12.4 Å². The number of hydrogen-bond donors (Lipinski definition) is 1. The molecule has 0 bridgehead atoms. The van der Waals surface area contributed by atoms with Gasteiger partial charge in [0.15, 0.2) is 5.82 Å². The molecule has 1 heterocycles. The molecule has 1 saturated carbocycles. The lowest BCUT2D eigenvalue weighted by molar-refractivity contribution is 0.290. The van der Waals surface area contributed by atoms with Crippen LogP contribution >= 0.6 is 12.4 Å². The van der Waals surface area contributed by atoms with Gasteiger partial charge in [-0.15, -0.1) is 12.4 Å². The molecule has 0 amide bonds. The van der Waals surface area contributed by atoms with Crippen molar-refractivity contribution in [2.75, 3.05) is 6.61 Å². The molecule has 6 heteroatoms. The van der Waals surface area contributed by atoms with E-state index in [2.05, 4.69) is 36.1 Å². The quantitative estimate of drug-likeness (QED) is 0.852. The van der Waals surface area contributed by atoms with Gasteiger partial charge in [-0.3, -0.25) is 0 Å². The first-order chi connectivity index (χ1) is 11.1. The highest BCUT2D eigenvalue weighted by molar-refractivity contribution is 5.85. The van der Waals surface area contributed by atoms with E-state index < -0.39 is 5.54 Å².